The molecule has 9 nitrogen and oxygen atoms in total. The van der Waals surface area contributed by atoms with Gasteiger partial charge in [-0.15, -0.1) is 0 Å². The molecule has 1 saturated heterocycles. The van der Waals surface area contributed by atoms with Crippen molar-refractivity contribution in [2.24, 2.45) is 5.73 Å². The minimum Gasteiger partial charge on any atom is -0.497 e. The number of anilines is 2. The van der Waals surface area contributed by atoms with Crippen LogP contribution in [0.4, 0.5) is 11.4 Å². The van der Waals surface area contributed by atoms with Gasteiger partial charge in [-0.1, -0.05) is 0 Å². The number of hydrogen-bond donors (Lipinski definition) is 3. The Labute approximate surface area is 156 Å². The summed E-state index contributed by atoms with van der Waals surface area (Å²) in [7, 11) is 1.58. The van der Waals surface area contributed by atoms with Gasteiger partial charge in [0, 0.05) is 18.4 Å². The van der Waals surface area contributed by atoms with Gasteiger partial charge in [0.2, 0.25) is 5.91 Å². The van der Waals surface area contributed by atoms with E-state index in [1.165, 1.54) is 10.9 Å². The van der Waals surface area contributed by atoms with Crippen LogP contribution in [0, 0.1) is 0 Å². The van der Waals surface area contributed by atoms with Gasteiger partial charge in [-0.25, -0.2) is 0 Å². The van der Waals surface area contributed by atoms with Crippen LogP contribution in [0.15, 0.2) is 36.7 Å². The first-order valence-electron chi connectivity index (χ1n) is 8.70. The van der Waals surface area contributed by atoms with Crippen molar-refractivity contribution < 1.29 is 19.1 Å². The number of rotatable bonds is 7. The molecule has 0 radical (unpaired) electrons. The van der Waals surface area contributed by atoms with Crippen LogP contribution in [0.5, 0.6) is 5.75 Å². The maximum Gasteiger partial charge on any atom is 0.253 e. The molecular formula is C18H23N5O4. The Morgan fingerprint density at radius 3 is 2.70 bits per heavy atom. The molecule has 1 aliphatic rings. The van der Waals surface area contributed by atoms with Crippen LogP contribution >= 0.6 is 0 Å². The summed E-state index contributed by atoms with van der Waals surface area (Å²) in [5.74, 6) is 0.253. The number of nitrogens with zero attached hydrogens (tertiary/aromatic N) is 2. The molecule has 0 spiro atoms. The molecular weight excluding hydrogens is 350 g/mol. The fraction of sp³-hybridized carbons (Fsp3) is 0.389. The number of nitrogens with one attached hydrogen (secondary N) is 2. The molecule has 0 unspecified atom stereocenters. The van der Waals surface area contributed by atoms with Gasteiger partial charge < -0.3 is 25.8 Å². The van der Waals surface area contributed by atoms with Crippen molar-refractivity contribution in [1.82, 2.24) is 9.78 Å². The molecule has 1 aliphatic heterocycles. The highest BCUT2D eigenvalue weighted by atomic mass is 16.5. The van der Waals surface area contributed by atoms with E-state index in [9.17, 15) is 9.59 Å². The summed E-state index contributed by atoms with van der Waals surface area (Å²) in [6.45, 7) is 0.433. The van der Waals surface area contributed by atoms with Crippen molar-refractivity contribution in [3.05, 3.63) is 36.7 Å². The number of nitrogens with two attached hydrogens (primary N) is 1. The van der Waals surface area contributed by atoms with E-state index in [2.05, 4.69) is 15.7 Å². The zero-order chi connectivity index (χ0) is 19.2. The normalized spacial score (nSPS) is 18.9. The Balaban J connectivity index is 1.49. The van der Waals surface area contributed by atoms with Gasteiger partial charge in [-0.05, 0) is 37.1 Å². The quantitative estimate of drug-likeness (QED) is 0.665. The molecule has 2 heterocycles. The summed E-state index contributed by atoms with van der Waals surface area (Å²) in [5, 5.41) is 9.62. The highest BCUT2D eigenvalue weighted by molar-refractivity contribution is 5.94. The molecule has 3 rings (SSSR count). The summed E-state index contributed by atoms with van der Waals surface area (Å²) >= 11 is 0. The van der Waals surface area contributed by atoms with Gasteiger partial charge in [-0.2, -0.15) is 5.10 Å². The number of aromatic nitrogens is 2. The minimum absolute atomic E-state index is 0.0249. The van der Waals surface area contributed by atoms with Crippen LogP contribution in [0.25, 0.3) is 0 Å². The molecule has 1 aromatic heterocycles. The molecule has 0 saturated carbocycles. The second-order valence-corrected chi connectivity index (χ2v) is 6.25. The lowest BCUT2D eigenvalue weighted by atomic mass is 10.2. The van der Waals surface area contributed by atoms with E-state index in [-0.39, 0.29) is 24.5 Å². The van der Waals surface area contributed by atoms with Crippen molar-refractivity contribution in [3.63, 3.8) is 0 Å². The van der Waals surface area contributed by atoms with Crippen LogP contribution in [0.3, 0.4) is 0 Å². The monoisotopic (exact) mass is 373 g/mol. The maximum atomic E-state index is 12.2. The minimum atomic E-state index is -0.500. The molecule has 1 aromatic carbocycles. The fourth-order valence-corrected chi connectivity index (χ4v) is 2.83. The van der Waals surface area contributed by atoms with E-state index in [0.717, 1.165) is 6.42 Å². The van der Waals surface area contributed by atoms with Crippen molar-refractivity contribution in [2.45, 2.75) is 31.6 Å². The molecule has 4 N–H and O–H groups in total. The molecule has 0 bridgehead atoms. The number of benzene rings is 1. The summed E-state index contributed by atoms with van der Waals surface area (Å²) in [4.78, 5) is 24.3. The number of ether oxygens (including phenoxy) is 2. The van der Waals surface area contributed by atoms with E-state index in [0.29, 0.717) is 30.1 Å². The van der Waals surface area contributed by atoms with E-state index in [4.69, 9.17) is 15.2 Å². The maximum absolute atomic E-state index is 12.2. The Kier molecular flexibility index (Phi) is 6.05. The van der Waals surface area contributed by atoms with Gasteiger partial charge in [0.15, 0.2) is 0 Å². The largest absolute Gasteiger partial charge is 0.497 e. The average molecular weight is 373 g/mol. The number of carbonyl (C=O) groups excluding carboxylic acids is 2. The first kappa shape index (κ1) is 18.9. The summed E-state index contributed by atoms with van der Waals surface area (Å²) in [6, 6.07) is 7.03. The summed E-state index contributed by atoms with van der Waals surface area (Å²) < 4.78 is 12.1. The molecule has 2 amide bonds. The van der Waals surface area contributed by atoms with Gasteiger partial charge >= 0.3 is 0 Å². The Hall–Kier alpha value is -2.91. The predicted octanol–water partition coefficient (Wildman–Crippen LogP) is 0.975. The van der Waals surface area contributed by atoms with Gasteiger partial charge in [0.05, 0.1) is 25.1 Å². The molecule has 144 valence electrons. The third-order valence-electron chi connectivity index (χ3n) is 4.24. The Morgan fingerprint density at radius 1 is 1.26 bits per heavy atom. The van der Waals surface area contributed by atoms with Crippen molar-refractivity contribution in [1.29, 1.82) is 0 Å². The standard InChI is InChI=1S/C18H23N5O4/c1-26-14-4-2-12(3-5-14)21-17(24)11-23-10-13(9-20-23)22-18(25)16-7-6-15(8-19)27-16/h2-5,9-10,15-16H,6-8,11,19H2,1H3,(H,21,24)(H,22,25)/t15-,16+/m1/s1. The van der Waals surface area contributed by atoms with E-state index in [1.54, 1.807) is 37.6 Å². The zero-order valence-corrected chi connectivity index (χ0v) is 15.1. The molecule has 2 atom stereocenters. The van der Waals surface area contributed by atoms with E-state index in [1.807, 2.05) is 0 Å². The third-order valence-corrected chi connectivity index (χ3v) is 4.24. The topological polar surface area (TPSA) is 120 Å². The third kappa shape index (κ3) is 5.05. The fourth-order valence-electron chi connectivity index (χ4n) is 2.83. The zero-order valence-electron chi connectivity index (χ0n) is 15.1. The van der Waals surface area contributed by atoms with Crippen LogP contribution in [0.2, 0.25) is 0 Å². The molecule has 1 fully saturated rings. The number of amides is 2. The number of carbonyl (C=O) groups is 2. The van der Waals surface area contributed by atoms with Gasteiger partial charge in [0.25, 0.3) is 5.91 Å². The van der Waals surface area contributed by atoms with Gasteiger partial charge in [-0.3, -0.25) is 14.3 Å². The summed E-state index contributed by atoms with van der Waals surface area (Å²) in [5.41, 5.74) is 6.73. The highest BCUT2D eigenvalue weighted by Gasteiger charge is 2.30. The molecule has 9 heteroatoms. The first-order chi connectivity index (χ1) is 13.1. The lowest BCUT2D eigenvalue weighted by Crippen LogP contribution is -2.29. The number of methoxy groups -OCH3 is 1. The second-order valence-electron chi connectivity index (χ2n) is 6.25. The van der Waals surface area contributed by atoms with Crippen molar-refractivity contribution >= 4 is 23.2 Å². The molecule has 27 heavy (non-hydrogen) atoms. The number of hydrogen-bond acceptors (Lipinski definition) is 6. The summed E-state index contributed by atoms with van der Waals surface area (Å²) in [6.07, 6.45) is 3.95. The average Bonchev–Trinajstić information content (AvgIpc) is 3.31. The molecule has 0 aliphatic carbocycles. The van der Waals surface area contributed by atoms with Crippen LogP contribution in [-0.4, -0.2) is 47.5 Å². The second kappa shape index (κ2) is 8.65. The van der Waals surface area contributed by atoms with Crippen LogP contribution < -0.4 is 21.1 Å². The lowest BCUT2D eigenvalue weighted by Gasteiger charge is -2.11. The Morgan fingerprint density at radius 2 is 2.04 bits per heavy atom. The first-order valence-corrected chi connectivity index (χ1v) is 8.70. The van der Waals surface area contributed by atoms with E-state index < -0.39 is 6.10 Å². The van der Waals surface area contributed by atoms with E-state index >= 15 is 0 Å². The van der Waals surface area contributed by atoms with Crippen molar-refractivity contribution in [2.75, 3.05) is 24.3 Å². The van der Waals surface area contributed by atoms with Gasteiger partial charge in [0.1, 0.15) is 18.4 Å². The smallest absolute Gasteiger partial charge is 0.253 e. The van der Waals surface area contributed by atoms with Crippen LogP contribution in [0.1, 0.15) is 12.8 Å². The predicted molar refractivity (Wildman–Crippen MR) is 99.4 cm³/mol. The van der Waals surface area contributed by atoms with Crippen molar-refractivity contribution in [3.8, 4) is 5.75 Å². The Bertz CT molecular complexity index is 789. The highest BCUT2D eigenvalue weighted by Crippen LogP contribution is 2.20. The SMILES string of the molecule is COc1ccc(NC(=O)Cn2cc(NC(=O)[C@@H]3CC[C@H](CN)O3)cn2)cc1. The molecule has 2 aromatic rings. The lowest BCUT2D eigenvalue weighted by molar-refractivity contribution is -0.126. The van der Waals surface area contributed by atoms with Crippen LogP contribution in [-0.2, 0) is 20.9 Å².